The molecule has 2 N–H and O–H groups in total. The molecule has 0 bridgehead atoms. The summed E-state index contributed by atoms with van der Waals surface area (Å²) in [6.45, 7) is 0.162. The summed E-state index contributed by atoms with van der Waals surface area (Å²) in [7, 11) is 0. The van der Waals surface area contributed by atoms with Crippen molar-refractivity contribution < 1.29 is 18.7 Å². The van der Waals surface area contributed by atoms with E-state index in [0.717, 1.165) is 6.42 Å². The SMILES string of the molecule is O=C(COc1ccccc1C(=O)NCCc1cccs1)Nc1ccccc1F. The van der Waals surface area contributed by atoms with Gasteiger partial charge < -0.3 is 15.4 Å². The van der Waals surface area contributed by atoms with E-state index in [1.807, 2.05) is 17.5 Å². The van der Waals surface area contributed by atoms with E-state index in [9.17, 15) is 14.0 Å². The van der Waals surface area contributed by atoms with Crippen molar-refractivity contribution in [3.05, 3.63) is 82.3 Å². The molecule has 0 unspecified atom stereocenters. The number of nitrogens with one attached hydrogen (secondary N) is 2. The molecule has 2 aromatic carbocycles. The van der Waals surface area contributed by atoms with E-state index < -0.39 is 11.7 Å². The predicted octanol–water partition coefficient (Wildman–Crippen LogP) is 3.88. The molecule has 28 heavy (non-hydrogen) atoms. The highest BCUT2D eigenvalue weighted by molar-refractivity contribution is 7.09. The quantitative estimate of drug-likeness (QED) is 0.605. The molecule has 0 radical (unpaired) electrons. The van der Waals surface area contributed by atoms with Crippen LogP contribution in [0.5, 0.6) is 5.75 Å². The molecular weight excluding hydrogens is 379 g/mol. The number of para-hydroxylation sites is 2. The van der Waals surface area contributed by atoms with E-state index in [4.69, 9.17) is 4.74 Å². The highest BCUT2D eigenvalue weighted by atomic mass is 32.1. The van der Waals surface area contributed by atoms with E-state index in [-0.39, 0.29) is 18.2 Å². The Hall–Kier alpha value is -3.19. The third-order valence-corrected chi connectivity index (χ3v) is 4.81. The van der Waals surface area contributed by atoms with Crippen molar-refractivity contribution in [2.24, 2.45) is 0 Å². The first kappa shape index (κ1) is 19.6. The standard InChI is InChI=1S/C21H19FN2O3S/c22-17-8-2-3-9-18(17)24-20(25)14-27-19-10-4-1-7-16(19)21(26)23-12-11-15-6-5-13-28-15/h1-10,13H,11-12,14H2,(H,23,26)(H,24,25). The van der Waals surface area contributed by atoms with Crippen molar-refractivity contribution in [2.75, 3.05) is 18.5 Å². The van der Waals surface area contributed by atoms with Gasteiger partial charge in [0.15, 0.2) is 6.61 Å². The topological polar surface area (TPSA) is 67.4 Å². The van der Waals surface area contributed by atoms with Crippen LogP contribution in [-0.2, 0) is 11.2 Å². The predicted molar refractivity (Wildman–Crippen MR) is 107 cm³/mol. The van der Waals surface area contributed by atoms with Crippen molar-refractivity contribution in [1.29, 1.82) is 0 Å². The summed E-state index contributed by atoms with van der Waals surface area (Å²) >= 11 is 1.64. The summed E-state index contributed by atoms with van der Waals surface area (Å²) in [5.41, 5.74) is 0.420. The minimum absolute atomic E-state index is 0.0794. The molecule has 0 aliphatic carbocycles. The van der Waals surface area contributed by atoms with Crippen molar-refractivity contribution in [2.45, 2.75) is 6.42 Å². The van der Waals surface area contributed by atoms with Gasteiger partial charge in [-0.2, -0.15) is 0 Å². The van der Waals surface area contributed by atoms with Gasteiger partial charge in [-0.3, -0.25) is 9.59 Å². The number of benzene rings is 2. The maximum atomic E-state index is 13.6. The zero-order valence-corrected chi connectivity index (χ0v) is 15.8. The van der Waals surface area contributed by atoms with E-state index in [2.05, 4.69) is 10.6 Å². The molecule has 0 atom stereocenters. The highest BCUT2D eigenvalue weighted by Crippen LogP contribution is 2.18. The number of anilines is 1. The molecule has 0 aliphatic rings. The Kier molecular flexibility index (Phi) is 6.75. The van der Waals surface area contributed by atoms with Gasteiger partial charge in [-0.1, -0.05) is 30.3 Å². The maximum Gasteiger partial charge on any atom is 0.262 e. The molecule has 7 heteroatoms. The molecule has 0 spiro atoms. The number of amides is 2. The Morgan fingerprint density at radius 1 is 1.00 bits per heavy atom. The zero-order chi connectivity index (χ0) is 19.8. The Labute approximate surface area is 166 Å². The van der Waals surface area contributed by atoms with E-state index in [0.29, 0.717) is 17.9 Å². The number of halogens is 1. The minimum atomic E-state index is -0.527. The van der Waals surface area contributed by atoms with E-state index in [1.54, 1.807) is 41.7 Å². The normalized spacial score (nSPS) is 10.3. The van der Waals surface area contributed by atoms with Gasteiger partial charge in [0.1, 0.15) is 11.6 Å². The number of hydrogen-bond donors (Lipinski definition) is 2. The number of ether oxygens (including phenoxy) is 1. The molecule has 0 aliphatic heterocycles. The van der Waals surface area contributed by atoms with Crippen molar-refractivity contribution in [1.82, 2.24) is 5.32 Å². The number of carbonyl (C=O) groups is 2. The van der Waals surface area contributed by atoms with Crippen LogP contribution in [0.4, 0.5) is 10.1 Å². The van der Waals surface area contributed by atoms with Crippen LogP contribution in [0.1, 0.15) is 15.2 Å². The average Bonchev–Trinajstić information content (AvgIpc) is 3.22. The summed E-state index contributed by atoms with van der Waals surface area (Å²) in [6.07, 6.45) is 0.747. The van der Waals surface area contributed by atoms with Gasteiger partial charge in [-0.25, -0.2) is 4.39 Å². The van der Waals surface area contributed by atoms with E-state index >= 15 is 0 Å². The number of carbonyl (C=O) groups excluding carboxylic acids is 2. The van der Waals surface area contributed by atoms with E-state index in [1.165, 1.54) is 23.1 Å². The Bertz CT molecular complexity index is 944. The number of rotatable bonds is 8. The molecule has 5 nitrogen and oxygen atoms in total. The average molecular weight is 398 g/mol. The minimum Gasteiger partial charge on any atom is -0.483 e. The second-order valence-electron chi connectivity index (χ2n) is 5.90. The van der Waals surface area contributed by atoms with Gasteiger partial charge in [0.2, 0.25) is 0 Å². The molecule has 144 valence electrons. The van der Waals surface area contributed by atoms with Crippen molar-refractivity contribution in [3.8, 4) is 5.75 Å². The van der Waals surface area contributed by atoms with Gasteiger partial charge in [-0.05, 0) is 42.1 Å². The van der Waals surface area contributed by atoms with Crippen LogP contribution in [-0.4, -0.2) is 25.0 Å². The molecule has 2 amide bonds. The molecule has 0 fully saturated rings. The Morgan fingerprint density at radius 3 is 2.57 bits per heavy atom. The first-order valence-corrected chi connectivity index (χ1v) is 9.58. The van der Waals surface area contributed by atoms with Crippen LogP contribution in [0, 0.1) is 5.82 Å². The first-order valence-electron chi connectivity index (χ1n) is 8.70. The third kappa shape index (κ3) is 5.40. The van der Waals surface area contributed by atoms with Crippen LogP contribution in [0.2, 0.25) is 0 Å². The summed E-state index contributed by atoms with van der Waals surface area (Å²) in [4.78, 5) is 25.6. The van der Waals surface area contributed by atoms with Crippen LogP contribution in [0.3, 0.4) is 0 Å². The number of thiophene rings is 1. The molecule has 3 aromatic rings. The summed E-state index contributed by atoms with van der Waals surface area (Å²) in [5, 5.41) is 7.28. The first-order chi connectivity index (χ1) is 13.6. The fourth-order valence-corrected chi connectivity index (χ4v) is 3.23. The Balaban J connectivity index is 1.55. The molecule has 0 saturated heterocycles. The number of hydrogen-bond acceptors (Lipinski definition) is 4. The third-order valence-electron chi connectivity index (χ3n) is 3.88. The largest absolute Gasteiger partial charge is 0.483 e. The van der Waals surface area contributed by atoms with Gasteiger partial charge in [0, 0.05) is 11.4 Å². The zero-order valence-electron chi connectivity index (χ0n) is 15.0. The lowest BCUT2D eigenvalue weighted by atomic mass is 10.2. The fraction of sp³-hybridized carbons (Fsp3) is 0.143. The lowest BCUT2D eigenvalue weighted by Gasteiger charge is -2.12. The molecule has 0 saturated carbocycles. The second kappa shape index (κ2) is 9.66. The van der Waals surface area contributed by atoms with Crippen LogP contribution in [0.25, 0.3) is 0 Å². The summed E-state index contributed by atoms with van der Waals surface area (Å²) in [6, 6.07) is 16.5. The van der Waals surface area contributed by atoms with Crippen LogP contribution >= 0.6 is 11.3 Å². The van der Waals surface area contributed by atoms with Crippen molar-refractivity contribution in [3.63, 3.8) is 0 Å². The smallest absolute Gasteiger partial charge is 0.262 e. The molecular formula is C21H19FN2O3S. The van der Waals surface area contributed by atoms with Gasteiger partial charge in [-0.15, -0.1) is 11.3 Å². The monoisotopic (exact) mass is 398 g/mol. The molecule has 3 rings (SSSR count). The highest BCUT2D eigenvalue weighted by Gasteiger charge is 2.14. The van der Waals surface area contributed by atoms with Gasteiger partial charge >= 0.3 is 0 Å². The van der Waals surface area contributed by atoms with Crippen molar-refractivity contribution >= 4 is 28.8 Å². The lowest BCUT2D eigenvalue weighted by Crippen LogP contribution is -2.27. The van der Waals surface area contributed by atoms with Gasteiger partial charge in [0.25, 0.3) is 11.8 Å². The maximum absolute atomic E-state index is 13.6. The Morgan fingerprint density at radius 2 is 1.79 bits per heavy atom. The molecule has 1 aromatic heterocycles. The van der Waals surface area contributed by atoms with Crippen LogP contribution < -0.4 is 15.4 Å². The van der Waals surface area contributed by atoms with Gasteiger partial charge in [0.05, 0.1) is 11.3 Å². The summed E-state index contributed by atoms with van der Waals surface area (Å²) < 4.78 is 19.1. The second-order valence-corrected chi connectivity index (χ2v) is 6.93. The van der Waals surface area contributed by atoms with Crippen LogP contribution in [0.15, 0.2) is 66.0 Å². The summed E-state index contributed by atoms with van der Waals surface area (Å²) in [5.74, 6) is -1.03. The molecule has 1 heterocycles. The lowest BCUT2D eigenvalue weighted by molar-refractivity contribution is -0.118. The fourth-order valence-electron chi connectivity index (χ4n) is 2.52.